The van der Waals surface area contributed by atoms with Gasteiger partial charge in [0.05, 0.1) is 19.9 Å². The van der Waals surface area contributed by atoms with Crippen molar-refractivity contribution < 1.29 is 23.5 Å². The fourth-order valence-corrected chi connectivity index (χ4v) is 4.40. The van der Waals surface area contributed by atoms with Gasteiger partial charge in [-0.1, -0.05) is 25.3 Å². The number of benzene rings is 1. The lowest BCUT2D eigenvalue weighted by Crippen LogP contribution is -2.49. The molecule has 1 saturated carbocycles. The number of hydrogen-bond acceptors (Lipinski definition) is 6. The molecule has 0 bridgehead atoms. The predicted molar refractivity (Wildman–Crippen MR) is 134 cm³/mol. The van der Waals surface area contributed by atoms with Crippen molar-refractivity contribution in [1.82, 2.24) is 15.6 Å². The molecule has 1 fully saturated rings. The van der Waals surface area contributed by atoms with Gasteiger partial charge in [-0.05, 0) is 55.3 Å². The molecule has 1 aliphatic carbocycles. The normalized spacial score (nSPS) is 14.5. The van der Waals surface area contributed by atoms with Crippen molar-refractivity contribution in [3.63, 3.8) is 0 Å². The highest BCUT2D eigenvalue weighted by Crippen LogP contribution is 2.30. The largest absolute Gasteiger partial charge is 0.497 e. The van der Waals surface area contributed by atoms with E-state index in [0.29, 0.717) is 17.0 Å². The number of carbonyl (C=O) groups excluding carboxylic acids is 3. The van der Waals surface area contributed by atoms with E-state index in [1.807, 2.05) is 0 Å². The zero-order chi connectivity index (χ0) is 25.3. The van der Waals surface area contributed by atoms with Crippen LogP contribution in [-0.2, 0) is 9.59 Å². The van der Waals surface area contributed by atoms with E-state index in [-0.39, 0.29) is 24.3 Å². The van der Waals surface area contributed by atoms with Gasteiger partial charge in [-0.3, -0.25) is 24.3 Å². The summed E-state index contributed by atoms with van der Waals surface area (Å²) in [5.74, 6) is -0.573. The highest BCUT2D eigenvalue weighted by Gasteiger charge is 2.34. The molecule has 2 aromatic heterocycles. The minimum absolute atomic E-state index is 0.0527. The molecule has 1 aromatic carbocycles. The van der Waals surface area contributed by atoms with Crippen molar-refractivity contribution in [2.24, 2.45) is 0 Å². The zero-order valence-corrected chi connectivity index (χ0v) is 20.2. The van der Waals surface area contributed by atoms with E-state index in [2.05, 4.69) is 15.6 Å². The lowest BCUT2D eigenvalue weighted by Gasteiger charge is -2.33. The number of amides is 3. The number of furan rings is 1. The molecule has 4 rings (SSSR count). The zero-order valence-electron chi connectivity index (χ0n) is 20.2. The van der Waals surface area contributed by atoms with Crippen LogP contribution in [0.25, 0.3) is 0 Å². The van der Waals surface area contributed by atoms with Crippen molar-refractivity contribution in [2.75, 3.05) is 18.6 Å². The number of carbonyl (C=O) groups is 3. The molecule has 3 aromatic rings. The quantitative estimate of drug-likeness (QED) is 0.474. The second kappa shape index (κ2) is 12.0. The predicted octanol–water partition coefficient (Wildman–Crippen LogP) is 3.64. The summed E-state index contributed by atoms with van der Waals surface area (Å²) < 4.78 is 10.4. The minimum atomic E-state index is -0.984. The third-order valence-electron chi connectivity index (χ3n) is 6.22. The molecule has 9 heteroatoms. The molecule has 0 spiro atoms. The fourth-order valence-electron chi connectivity index (χ4n) is 4.40. The first-order valence-corrected chi connectivity index (χ1v) is 12.0. The molecule has 3 amide bonds. The summed E-state index contributed by atoms with van der Waals surface area (Å²) in [6, 6.07) is 12.5. The molecule has 0 saturated heterocycles. The van der Waals surface area contributed by atoms with Crippen LogP contribution >= 0.6 is 0 Å². The topological polar surface area (TPSA) is 114 Å². The standard InChI is InChI=1S/C27H30N4O5/c1-35-22-13-11-21(12-14-22)31(24(32)18-29-26(33)23-10-6-16-36-23)25(19-7-5-15-28-17-19)27(34)30-20-8-3-2-4-9-20/h5-7,10-17,20,25H,2-4,8-9,18H2,1H3,(H,29,33)(H,30,34)/t25-/m1/s1. The molecule has 9 nitrogen and oxygen atoms in total. The Kier molecular flexibility index (Phi) is 8.33. The van der Waals surface area contributed by atoms with Crippen LogP contribution in [-0.4, -0.2) is 42.4 Å². The van der Waals surface area contributed by atoms with E-state index in [9.17, 15) is 14.4 Å². The van der Waals surface area contributed by atoms with E-state index in [1.165, 1.54) is 17.2 Å². The number of rotatable bonds is 9. The van der Waals surface area contributed by atoms with Crippen molar-refractivity contribution in [3.8, 4) is 5.75 Å². The second-order valence-corrected chi connectivity index (χ2v) is 8.65. The maximum absolute atomic E-state index is 13.7. The molecular formula is C27H30N4O5. The third kappa shape index (κ3) is 6.10. The number of pyridine rings is 1. The Hall–Kier alpha value is -4.14. The molecule has 0 radical (unpaired) electrons. The molecule has 36 heavy (non-hydrogen) atoms. The summed E-state index contributed by atoms with van der Waals surface area (Å²) >= 11 is 0. The summed E-state index contributed by atoms with van der Waals surface area (Å²) in [6.07, 6.45) is 9.66. The fraction of sp³-hybridized carbons (Fsp3) is 0.333. The van der Waals surface area contributed by atoms with Crippen LogP contribution in [0.2, 0.25) is 0 Å². The van der Waals surface area contributed by atoms with Crippen LogP contribution < -0.4 is 20.3 Å². The molecule has 0 unspecified atom stereocenters. The van der Waals surface area contributed by atoms with Crippen LogP contribution in [0.4, 0.5) is 5.69 Å². The van der Waals surface area contributed by atoms with Gasteiger partial charge in [0.25, 0.3) is 5.91 Å². The van der Waals surface area contributed by atoms with Crippen molar-refractivity contribution in [2.45, 2.75) is 44.2 Å². The molecule has 0 aliphatic heterocycles. The summed E-state index contributed by atoms with van der Waals surface area (Å²) in [5, 5.41) is 5.73. The highest BCUT2D eigenvalue weighted by molar-refractivity contribution is 6.04. The molecular weight excluding hydrogens is 460 g/mol. The summed E-state index contributed by atoms with van der Waals surface area (Å²) in [7, 11) is 1.55. The van der Waals surface area contributed by atoms with Crippen molar-refractivity contribution in [3.05, 3.63) is 78.5 Å². The number of aromatic nitrogens is 1. The number of nitrogens with one attached hydrogen (secondary N) is 2. The number of nitrogens with zero attached hydrogens (tertiary/aromatic N) is 2. The molecule has 1 aliphatic rings. The Balaban J connectivity index is 1.66. The van der Waals surface area contributed by atoms with Gasteiger partial charge in [0, 0.05) is 29.7 Å². The van der Waals surface area contributed by atoms with E-state index in [4.69, 9.17) is 9.15 Å². The Morgan fingerprint density at radius 1 is 1.08 bits per heavy atom. The van der Waals surface area contributed by atoms with Crippen LogP contribution in [0.1, 0.15) is 54.3 Å². The smallest absolute Gasteiger partial charge is 0.287 e. The highest BCUT2D eigenvalue weighted by atomic mass is 16.5. The Labute approximate surface area is 209 Å². The lowest BCUT2D eigenvalue weighted by molar-refractivity contribution is -0.127. The van der Waals surface area contributed by atoms with Gasteiger partial charge in [0.2, 0.25) is 11.8 Å². The van der Waals surface area contributed by atoms with Gasteiger partial charge in [-0.2, -0.15) is 0 Å². The molecule has 1 atom stereocenters. The monoisotopic (exact) mass is 490 g/mol. The average Bonchev–Trinajstić information content (AvgIpc) is 3.46. The van der Waals surface area contributed by atoms with Crippen LogP contribution in [0.15, 0.2) is 71.6 Å². The first kappa shape index (κ1) is 25.0. The van der Waals surface area contributed by atoms with Gasteiger partial charge in [-0.15, -0.1) is 0 Å². The van der Waals surface area contributed by atoms with Crippen molar-refractivity contribution in [1.29, 1.82) is 0 Å². The molecule has 2 heterocycles. The van der Waals surface area contributed by atoms with Gasteiger partial charge in [-0.25, -0.2) is 0 Å². The number of anilines is 1. The second-order valence-electron chi connectivity index (χ2n) is 8.65. The SMILES string of the molecule is COc1ccc(N(C(=O)CNC(=O)c2ccco2)[C@@H](C(=O)NC2CCCCC2)c2cccnc2)cc1. The van der Waals surface area contributed by atoms with Crippen LogP contribution in [0.5, 0.6) is 5.75 Å². The van der Waals surface area contributed by atoms with Gasteiger partial charge in [0.1, 0.15) is 11.8 Å². The number of hydrogen-bond donors (Lipinski definition) is 2. The van der Waals surface area contributed by atoms with E-state index >= 15 is 0 Å². The number of ether oxygens (including phenoxy) is 1. The third-order valence-corrected chi connectivity index (χ3v) is 6.22. The first-order valence-electron chi connectivity index (χ1n) is 12.0. The summed E-state index contributed by atoms with van der Waals surface area (Å²) in [5.41, 5.74) is 1.05. The summed E-state index contributed by atoms with van der Waals surface area (Å²) in [6.45, 7) is -0.334. The Bertz CT molecular complexity index is 1140. The molecule has 188 valence electrons. The molecule has 2 N–H and O–H groups in total. The minimum Gasteiger partial charge on any atom is -0.497 e. The Morgan fingerprint density at radius 2 is 1.86 bits per heavy atom. The maximum atomic E-state index is 13.7. The van der Waals surface area contributed by atoms with E-state index < -0.39 is 17.9 Å². The van der Waals surface area contributed by atoms with Crippen LogP contribution in [0, 0.1) is 0 Å². The summed E-state index contributed by atoms with van der Waals surface area (Å²) in [4.78, 5) is 45.3. The van der Waals surface area contributed by atoms with E-state index in [1.54, 1.807) is 62.0 Å². The lowest BCUT2D eigenvalue weighted by atomic mass is 9.94. The maximum Gasteiger partial charge on any atom is 0.287 e. The van der Waals surface area contributed by atoms with Gasteiger partial charge < -0.3 is 19.8 Å². The van der Waals surface area contributed by atoms with Gasteiger partial charge in [0.15, 0.2) is 5.76 Å². The van der Waals surface area contributed by atoms with Gasteiger partial charge >= 0.3 is 0 Å². The van der Waals surface area contributed by atoms with Crippen LogP contribution in [0.3, 0.4) is 0 Å². The average molecular weight is 491 g/mol. The first-order chi connectivity index (χ1) is 17.6. The van der Waals surface area contributed by atoms with Crippen molar-refractivity contribution >= 4 is 23.4 Å². The Morgan fingerprint density at radius 3 is 2.50 bits per heavy atom. The van der Waals surface area contributed by atoms with E-state index in [0.717, 1.165) is 32.1 Å². The number of methoxy groups -OCH3 is 1.